The Bertz CT molecular complexity index is 1210. The molecule has 1 aliphatic heterocycles. The summed E-state index contributed by atoms with van der Waals surface area (Å²) in [5, 5.41) is 12.4. The molecule has 1 saturated heterocycles. The second-order valence-electron chi connectivity index (χ2n) is 7.98. The second kappa shape index (κ2) is 8.18. The van der Waals surface area contributed by atoms with Crippen molar-refractivity contribution >= 4 is 44.1 Å². The number of piperidine rings is 1. The van der Waals surface area contributed by atoms with Crippen LogP contribution in [0.4, 0.5) is 5.69 Å². The molecule has 2 heterocycles. The zero-order valence-electron chi connectivity index (χ0n) is 17.1. The summed E-state index contributed by atoms with van der Waals surface area (Å²) in [6, 6.07) is 14.3. The largest absolute Gasteiger partial charge is 0.385 e. The van der Waals surface area contributed by atoms with E-state index < -0.39 is 15.6 Å². The molecule has 164 valence electrons. The number of aliphatic hydroxyl groups is 1. The third-order valence-electron chi connectivity index (χ3n) is 5.74. The van der Waals surface area contributed by atoms with Crippen molar-refractivity contribution in [2.45, 2.75) is 25.0 Å². The monoisotopic (exact) mass is 461 g/mol. The molecule has 1 fully saturated rings. The number of carbonyl (C=O) groups excluding carboxylic acids is 1. The van der Waals surface area contributed by atoms with Gasteiger partial charge in [-0.15, -0.1) is 0 Å². The molecule has 2 N–H and O–H groups in total. The highest BCUT2D eigenvalue weighted by atomic mass is 35.5. The smallest absolute Gasteiger partial charge is 0.242 e. The first kappa shape index (κ1) is 21.7. The summed E-state index contributed by atoms with van der Waals surface area (Å²) in [5.74, 6) is -0.0443. The maximum absolute atomic E-state index is 12.9. The molecule has 0 radical (unpaired) electrons. The molecule has 0 unspecified atom stereocenters. The molecule has 31 heavy (non-hydrogen) atoms. The van der Waals surface area contributed by atoms with Crippen molar-refractivity contribution in [3.05, 3.63) is 65.3 Å². The minimum Gasteiger partial charge on any atom is -0.385 e. The molecule has 2 aromatic carbocycles. The van der Waals surface area contributed by atoms with Crippen molar-refractivity contribution in [1.82, 2.24) is 9.47 Å². The molecule has 9 heteroatoms. The minimum absolute atomic E-state index is 0.0443. The third-order valence-corrected chi connectivity index (χ3v) is 6.58. The molecule has 1 amide bonds. The predicted molar refractivity (Wildman–Crippen MR) is 122 cm³/mol. The fraction of sp³-hybridized carbons (Fsp3) is 0.318. The van der Waals surface area contributed by atoms with E-state index in [2.05, 4.69) is 4.72 Å². The quantitative estimate of drug-likeness (QED) is 0.610. The van der Waals surface area contributed by atoms with Gasteiger partial charge in [-0.2, -0.15) is 0 Å². The van der Waals surface area contributed by atoms with Gasteiger partial charge in [0.05, 0.1) is 23.1 Å². The first-order chi connectivity index (χ1) is 14.6. The van der Waals surface area contributed by atoms with E-state index in [1.165, 1.54) is 0 Å². The Hall–Kier alpha value is -2.55. The van der Waals surface area contributed by atoms with Crippen LogP contribution in [0.15, 0.2) is 54.7 Å². The number of benzene rings is 2. The molecule has 1 aromatic heterocycles. The van der Waals surface area contributed by atoms with Gasteiger partial charge in [-0.3, -0.25) is 9.52 Å². The fourth-order valence-corrected chi connectivity index (χ4v) is 4.77. The molecular formula is C22H24ClN3O4S. The Morgan fingerprint density at radius 2 is 1.81 bits per heavy atom. The van der Waals surface area contributed by atoms with Crippen LogP contribution < -0.4 is 4.72 Å². The van der Waals surface area contributed by atoms with Crippen molar-refractivity contribution in [1.29, 1.82) is 0 Å². The number of aromatic nitrogens is 1. The Balaban J connectivity index is 1.45. The number of halogens is 1. The Morgan fingerprint density at radius 1 is 1.13 bits per heavy atom. The summed E-state index contributed by atoms with van der Waals surface area (Å²) in [5.41, 5.74) is 1.11. The lowest BCUT2D eigenvalue weighted by molar-refractivity contribution is -0.136. The van der Waals surface area contributed by atoms with Gasteiger partial charge in [0.25, 0.3) is 0 Å². The summed E-state index contributed by atoms with van der Waals surface area (Å²) in [7, 11) is -3.40. The third kappa shape index (κ3) is 4.71. The standard InChI is InChI=1S/C22H24ClN3O4S/c1-31(29,30)24-19-3-2-4-20-18(19)9-12-26(20)15-21(27)25-13-10-22(28,11-14-25)16-5-7-17(23)8-6-16/h2-9,12,24,28H,10-11,13-15H2,1H3. The Labute approximate surface area is 186 Å². The number of fused-ring (bicyclic) bond motifs is 1. The highest BCUT2D eigenvalue weighted by molar-refractivity contribution is 7.92. The van der Waals surface area contributed by atoms with Crippen LogP contribution in [-0.2, 0) is 27.0 Å². The second-order valence-corrected chi connectivity index (χ2v) is 10.2. The van der Waals surface area contributed by atoms with Crippen molar-refractivity contribution in [2.75, 3.05) is 24.1 Å². The lowest BCUT2D eigenvalue weighted by atomic mass is 9.84. The molecule has 7 nitrogen and oxygen atoms in total. The molecular weight excluding hydrogens is 438 g/mol. The molecule has 4 rings (SSSR count). The Kier molecular flexibility index (Phi) is 5.72. The number of anilines is 1. The van der Waals surface area contributed by atoms with Gasteiger partial charge in [-0.05, 0) is 48.7 Å². The summed E-state index contributed by atoms with van der Waals surface area (Å²) >= 11 is 5.94. The van der Waals surface area contributed by atoms with Gasteiger partial charge in [0, 0.05) is 29.7 Å². The number of likely N-dealkylation sites (tertiary alicyclic amines) is 1. The number of carbonyl (C=O) groups is 1. The van der Waals surface area contributed by atoms with E-state index in [1.54, 1.807) is 41.4 Å². The first-order valence-corrected chi connectivity index (χ1v) is 12.2. The van der Waals surface area contributed by atoms with Crippen molar-refractivity contribution in [2.24, 2.45) is 0 Å². The minimum atomic E-state index is -3.40. The molecule has 0 atom stereocenters. The lowest BCUT2D eigenvalue weighted by Crippen LogP contribution is -2.46. The van der Waals surface area contributed by atoms with Gasteiger partial charge in [-0.25, -0.2) is 8.42 Å². The van der Waals surface area contributed by atoms with E-state index in [-0.39, 0.29) is 12.5 Å². The highest BCUT2D eigenvalue weighted by Crippen LogP contribution is 2.33. The molecule has 1 aliphatic rings. The number of nitrogens with zero attached hydrogens (tertiary/aromatic N) is 2. The van der Waals surface area contributed by atoms with Crippen LogP contribution in [0.2, 0.25) is 5.02 Å². The number of sulfonamides is 1. The van der Waals surface area contributed by atoms with Gasteiger partial charge in [0.15, 0.2) is 0 Å². The van der Waals surface area contributed by atoms with Gasteiger partial charge in [0.1, 0.15) is 6.54 Å². The zero-order chi connectivity index (χ0) is 22.2. The van der Waals surface area contributed by atoms with Crippen LogP contribution >= 0.6 is 11.6 Å². The normalized spacial score (nSPS) is 16.4. The fourth-order valence-electron chi connectivity index (χ4n) is 4.07. The van der Waals surface area contributed by atoms with Crippen LogP contribution in [0.5, 0.6) is 0 Å². The number of amides is 1. The topological polar surface area (TPSA) is 91.6 Å². The number of nitrogens with one attached hydrogen (secondary N) is 1. The summed E-state index contributed by atoms with van der Waals surface area (Å²) in [6.07, 6.45) is 3.79. The molecule has 0 aliphatic carbocycles. The molecule has 0 spiro atoms. The first-order valence-electron chi connectivity index (χ1n) is 9.96. The van der Waals surface area contributed by atoms with E-state index in [0.717, 1.165) is 22.7 Å². The molecule has 3 aromatic rings. The van der Waals surface area contributed by atoms with Crippen LogP contribution in [0.1, 0.15) is 18.4 Å². The number of hydrogen-bond acceptors (Lipinski definition) is 4. The Morgan fingerprint density at radius 3 is 2.45 bits per heavy atom. The zero-order valence-corrected chi connectivity index (χ0v) is 18.7. The van der Waals surface area contributed by atoms with Crippen LogP contribution in [-0.4, -0.2) is 48.2 Å². The van der Waals surface area contributed by atoms with E-state index in [9.17, 15) is 18.3 Å². The lowest BCUT2D eigenvalue weighted by Gasteiger charge is -2.38. The van der Waals surface area contributed by atoms with E-state index in [0.29, 0.717) is 36.6 Å². The van der Waals surface area contributed by atoms with Crippen LogP contribution in [0.25, 0.3) is 10.9 Å². The van der Waals surface area contributed by atoms with E-state index in [1.807, 2.05) is 22.8 Å². The number of rotatable bonds is 5. The van der Waals surface area contributed by atoms with Gasteiger partial charge in [-0.1, -0.05) is 29.8 Å². The van der Waals surface area contributed by atoms with Crippen molar-refractivity contribution in [3.8, 4) is 0 Å². The SMILES string of the molecule is CS(=O)(=O)Nc1cccc2c1ccn2CC(=O)N1CCC(O)(c2ccc(Cl)cc2)CC1. The van der Waals surface area contributed by atoms with E-state index >= 15 is 0 Å². The number of hydrogen-bond donors (Lipinski definition) is 2. The van der Waals surface area contributed by atoms with Gasteiger partial charge >= 0.3 is 0 Å². The average molecular weight is 462 g/mol. The average Bonchev–Trinajstić information content (AvgIpc) is 3.12. The van der Waals surface area contributed by atoms with E-state index in [4.69, 9.17) is 11.6 Å². The van der Waals surface area contributed by atoms with Crippen LogP contribution in [0.3, 0.4) is 0 Å². The molecule has 0 saturated carbocycles. The predicted octanol–water partition coefficient (Wildman–Crippen LogP) is 3.18. The van der Waals surface area contributed by atoms with Gasteiger partial charge < -0.3 is 14.6 Å². The van der Waals surface area contributed by atoms with Crippen LogP contribution in [0, 0.1) is 0 Å². The summed E-state index contributed by atoms with van der Waals surface area (Å²) in [6.45, 7) is 1.06. The van der Waals surface area contributed by atoms with Crippen molar-refractivity contribution < 1.29 is 18.3 Å². The maximum Gasteiger partial charge on any atom is 0.242 e. The molecule has 0 bridgehead atoms. The van der Waals surface area contributed by atoms with Gasteiger partial charge in [0.2, 0.25) is 15.9 Å². The highest BCUT2D eigenvalue weighted by Gasteiger charge is 2.35. The summed E-state index contributed by atoms with van der Waals surface area (Å²) < 4.78 is 27.5. The maximum atomic E-state index is 12.9. The summed E-state index contributed by atoms with van der Waals surface area (Å²) in [4.78, 5) is 14.7. The van der Waals surface area contributed by atoms with Crippen molar-refractivity contribution in [3.63, 3.8) is 0 Å².